The molecule has 3 nitrogen and oxygen atoms in total. The van der Waals surface area contributed by atoms with E-state index in [1.54, 1.807) is 6.92 Å². The van der Waals surface area contributed by atoms with E-state index in [9.17, 15) is 4.79 Å². The van der Waals surface area contributed by atoms with Gasteiger partial charge in [0.05, 0.1) is 16.6 Å². The topological polar surface area (TPSA) is 31.2 Å². The summed E-state index contributed by atoms with van der Waals surface area (Å²) < 4.78 is 8.77. The third-order valence-corrected chi connectivity index (χ3v) is 5.70. The number of nitrogens with zero attached hydrogens (tertiary/aromatic N) is 1. The first kappa shape index (κ1) is 16.8. The van der Waals surface area contributed by atoms with Gasteiger partial charge >= 0.3 is 5.97 Å². The summed E-state index contributed by atoms with van der Waals surface area (Å²) in [6, 6.07) is 10.1. The number of ether oxygens (including phenoxy) is 1. The Kier molecular flexibility index (Phi) is 6.08. The van der Waals surface area contributed by atoms with E-state index in [0.29, 0.717) is 24.0 Å². The molecule has 21 heavy (non-hydrogen) atoms. The van der Waals surface area contributed by atoms with Gasteiger partial charge in [-0.3, -0.25) is 0 Å². The molecule has 0 unspecified atom stereocenters. The normalized spacial score (nSPS) is 10.7. The van der Waals surface area contributed by atoms with Crippen molar-refractivity contribution >= 4 is 53.8 Å². The van der Waals surface area contributed by atoms with Gasteiger partial charge in [0.1, 0.15) is 4.60 Å². The fraction of sp³-hybridized carbons (Fsp3) is 0.267. The van der Waals surface area contributed by atoms with Gasteiger partial charge in [0.15, 0.2) is 0 Å². The van der Waals surface area contributed by atoms with Crippen molar-refractivity contribution in [3.05, 3.63) is 56.2 Å². The molecule has 1 aromatic carbocycles. The van der Waals surface area contributed by atoms with Crippen LogP contribution < -0.4 is 0 Å². The number of carbonyl (C=O) groups excluding carboxylic acids is 1. The lowest BCUT2D eigenvalue weighted by atomic mass is 10.2. The number of benzene rings is 1. The van der Waals surface area contributed by atoms with Crippen LogP contribution in [0.15, 0.2) is 39.4 Å². The van der Waals surface area contributed by atoms with Gasteiger partial charge in [-0.25, -0.2) is 4.79 Å². The van der Waals surface area contributed by atoms with Crippen molar-refractivity contribution in [1.82, 2.24) is 4.57 Å². The number of esters is 1. The molecular weight excluding hydrogens is 466 g/mol. The van der Waals surface area contributed by atoms with Crippen LogP contribution >= 0.6 is 47.8 Å². The molecule has 0 atom stereocenters. The van der Waals surface area contributed by atoms with E-state index in [1.807, 2.05) is 18.2 Å². The van der Waals surface area contributed by atoms with Crippen LogP contribution in [0.1, 0.15) is 28.5 Å². The number of carbonyl (C=O) groups is 1. The van der Waals surface area contributed by atoms with Crippen LogP contribution in [0.25, 0.3) is 0 Å². The Bertz CT molecular complexity index is 638. The van der Waals surface area contributed by atoms with Crippen LogP contribution in [-0.4, -0.2) is 17.1 Å². The largest absolute Gasteiger partial charge is 0.462 e. The summed E-state index contributed by atoms with van der Waals surface area (Å²) in [5.41, 5.74) is 2.62. The van der Waals surface area contributed by atoms with E-state index in [1.165, 1.54) is 5.56 Å². The summed E-state index contributed by atoms with van der Waals surface area (Å²) in [5, 5.41) is 0.568. The van der Waals surface area contributed by atoms with Gasteiger partial charge in [0, 0.05) is 17.6 Å². The average molecular weight is 480 g/mol. The second-order valence-electron chi connectivity index (χ2n) is 4.35. The third-order valence-electron chi connectivity index (χ3n) is 3.04. The van der Waals surface area contributed by atoms with Crippen molar-refractivity contribution in [2.24, 2.45) is 0 Å². The molecular formula is C15H14Br3NO2. The second-order valence-corrected chi connectivity index (χ2v) is 6.46. The Hall–Kier alpha value is -0.590. The Morgan fingerprint density at radius 3 is 2.48 bits per heavy atom. The first-order valence-electron chi connectivity index (χ1n) is 6.43. The van der Waals surface area contributed by atoms with E-state index in [4.69, 9.17) is 4.74 Å². The van der Waals surface area contributed by atoms with Crippen LogP contribution in [0.3, 0.4) is 0 Å². The molecule has 0 bridgehead atoms. The summed E-state index contributed by atoms with van der Waals surface area (Å²) in [6.45, 7) is 2.84. The molecule has 0 spiro atoms. The molecule has 2 rings (SSSR count). The molecule has 2 aromatic rings. The summed E-state index contributed by atoms with van der Waals surface area (Å²) in [6.07, 6.45) is 0. The first-order chi connectivity index (χ1) is 10.1. The maximum absolute atomic E-state index is 12.2. The SMILES string of the molecule is CCOC(=O)c1c(Br)c(Br)n(Cc2ccccc2)c1CBr. The predicted molar refractivity (Wildman–Crippen MR) is 94.0 cm³/mol. The molecule has 6 heteroatoms. The standard InChI is InChI=1S/C15H14Br3NO2/c1-2-21-15(20)12-11(8-16)19(14(18)13(12)17)9-10-6-4-3-5-7-10/h3-7H,2,8-9H2,1H3. The van der Waals surface area contributed by atoms with Gasteiger partial charge in [-0.05, 0) is 44.3 Å². The minimum atomic E-state index is -0.314. The van der Waals surface area contributed by atoms with E-state index < -0.39 is 0 Å². The zero-order chi connectivity index (χ0) is 15.4. The Balaban J connectivity index is 2.46. The van der Waals surface area contributed by atoms with Crippen molar-refractivity contribution in [3.63, 3.8) is 0 Å². The highest BCUT2D eigenvalue weighted by Crippen LogP contribution is 2.35. The lowest BCUT2D eigenvalue weighted by Gasteiger charge is -2.10. The lowest BCUT2D eigenvalue weighted by molar-refractivity contribution is 0.0524. The minimum Gasteiger partial charge on any atom is -0.462 e. The van der Waals surface area contributed by atoms with E-state index in [0.717, 1.165) is 14.8 Å². The van der Waals surface area contributed by atoms with Gasteiger partial charge in [0.2, 0.25) is 0 Å². The summed E-state index contributed by atoms with van der Waals surface area (Å²) in [5.74, 6) is -0.314. The molecule has 0 aliphatic heterocycles. The van der Waals surface area contributed by atoms with Crippen LogP contribution in [0, 0.1) is 0 Å². The van der Waals surface area contributed by atoms with Gasteiger partial charge in [-0.15, -0.1) is 0 Å². The minimum absolute atomic E-state index is 0.314. The molecule has 0 fully saturated rings. The van der Waals surface area contributed by atoms with Crippen LogP contribution in [-0.2, 0) is 16.6 Å². The van der Waals surface area contributed by atoms with Crippen molar-refractivity contribution in [2.45, 2.75) is 18.8 Å². The zero-order valence-corrected chi connectivity index (χ0v) is 16.2. The number of hydrogen-bond acceptors (Lipinski definition) is 2. The van der Waals surface area contributed by atoms with E-state index in [2.05, 4.69) is 64.5 Å². The summed E-state index contributed by atoms with van der Waals surface area (Å²) >= 11 is 10.5. The van der Waals surface area contributed by atoms with Crippen molar-refractivity contribution in [2.75, 3.05) is 6.61 Å². The fourth-order valence-corrected chi connectivity index (χ4v) is 3.81. The monoisotopic (exact) mass is 477 g/mol. The molecule has 0 aliphatic rings. The molecule has 0 amide bonds. The highest BCUT2D eigenvalue weighted by Gasteiger charge is 2.25. The van der Waals surface area contributed by atoms with Crippen molar-refractivity contribution < 1.29 is 9.53 Å². The van der Waals surface area contributed by atoms with Crippen molar-refractivity contribution in [1.29, 1.82) is 0 Å². The van der Waals surface area contributed by atoms with Crippen LogP contribution in [0.5, 0.6) is 0 Å². The Morgan fingerprint density at radius 1 is 1.24 bits per heavy atom. The van der Waals surface area contributed by atoms with Gasteiger partial charge in [-0.1, -0.05) is 46.3 Å². The Labute approximate surface area is 149 Å². The van der Waals surface area contributed by atoms with Crippen LogP contribution in [0.4, 0.5) is 0 Å². The zero-order valence-electron chi connectivity index (χ0n) is 11.4. The van der Waals surface area contributed by atoms with E-state index in [-0.39, 0.29) is 5.97 Å². The van der Waals surface area contributed by atoms with Gasteiger partial charge in [-0.2, -0.15) is 0 Å². The highest BCUT2D eigenvalue weighted by atomic mass is 79.9. The molecule has 0 saturated carbocycles. The number of halogens is 3. The lowest BCUT2D eigenvalue weighted by Crippen LogP contribution is -2.10. The fourth-order valence-electron chi connectivity index (χ4n) is 2.08. The van der Waals surface area contributed by atoms with Gasteiger partial charge < -0.3 is 9.30 Å². The molecule has 0 saturated heterocycles. The average Bonchev–Trinajstić information content (AvgIpc) is 2.73. The summed E-state index contributed by atoms with van der Waals surface area (Å²) in [4.78, 5) is 12.2. The smallest absolute Gasteiger partial charge is 0.341 e. The van der Waals surface area contributed by atoms with Crippen LogP contribution in [0.2, 0.25) is 0 Å². The van der Waals surface area contributed by atoms with E-state index >= 15 is 0 Å². The predicted octanol–water partition coefficient (Wildman–Crippen LogP) is 5.13. The number of hydrogen-bond donors (Lipinski definition) is 0. The second kappa shape index (κ2) is 7.61. The number of alkyl halides is 1. The Morgan fingerprint density at radius 2 is 1.90 bits per heavy atom. The molecule has 0 aliphatic carbocycles. The number of rotatable bonds is 5. The van der Waals surface area contributed by atoms with Crippen molar-refractivity contribution in [3.8, 4) is 0 Å². The molecule has 1 aromatic heterocycles. The number of aromatic nitrogens is 1. The third kappa shape index (κ3) is 3.60. The highest BCUT2D eigenvalue weighted by molar-refractivity contribution is 9.13. The maximum Gasteiger partial charge on any atom is 0.341 e. The molecule has 1 heterocycles. The summed E-state index contributed by atoms with van der Waals surface area (Å²) in [7, 11) is 0. The van der Waals surface area contributed by atoms with Gasteiger partial charge in [0.25, 0.3) is 0 Å². The maximum atomic E-state index is 12.2. The molecule has 0 N–H and O–H groups in total. The first-order valence-corrected chi connectivity index (χ1v) is 9.14. The molecule has 0 radical (unpaired) electrons. The molecule has 112 valence electrons. The quantitative estimate of drug-likeness (QED) is 0.439.